The molecule has 5 heteroatoms. The van der Waals surface area contributed by atoms with E-state index in [1.807, 2.05) is 23.6 Å². The maximum absolute atomic E-state index is 12.5. The van der Waals surface area contributed by atoms with Gasteiger partial charge in [0.2, 0.25) is 0 Å². The van der Waals surface area contributed by atoms with Gasteiger partial charge < -0.3 is 4.74 Å². The lowest BCUT2D eigenvalue weighted by atomic mass is 10.1. The summed E-state index contributed by atoms with van der Waals surface area (Å²) in [5, 5.41) is 1.96. The van der Waals surface area contributed by atoms with E-state index in [1.165, 1.54) is 7.11 Å². The van der Waals surface area contributed by atoms with Gasteiger partial charge in [-0.3, -0.25) is 9.69 Å². The van der Waals surface area contributed by atoms with Crippen LogP contribution >= 0.6 is 11.8 Å². The Kier molecular flexibility index (Phi) is 3.06. The van der Waals surface area contributed by atoms with Gasteiger partial charge in [-0.1, -0.05) is 18.2 Å². The topological polar surface area (TPSA) is 46.6 Å². The van der Waals surface area contributed by atoms with Crippen molar-refractivity contribution >= 4 is 29.3 Å². The lowest BCUT2D eigenvalue weighted by Crippen LogP contribution is -2.41. The van der Waals surface area contributed by atoms with Crippen LogP contribution in [-0.4, -0.2) is 35.7 Å². The molecule has 0 aliphatic carbocycles. The van der Waals surface area contributed by atoms with Gasteiger partial charge in [0.15, 0.2) is 0 Å². The molecule has 0 bridgehead atoms. The number of benzene rings is 1. The van der Waals surface area contributed by atoms with E-state index in [0.29, 0.717) is 12.0 Å². The molecule has 98 valence electrons. The standard InChI is InChI=1S/C14H13NO3S/c1-18-14(17)11-6-7-19-8-12-9-4-2-3-5-10(9)13(16)15(11)12/h2-5,8,11H,6-7H2,1H3/t11-/m0/s1. The minimum absolute atomic E-state index is 0.111. The molecule has 0 aromatic heterocycles. The van der Waals surface area contributed by atoms with Crippen LogP contribution in [0.3, 0.4) is 0 Å². The van der Waals surface area contributed by atoms with Gasteiger partial charge in [0, 0.05) is 16.9 Å². The molecule has 3 rings (SSSR count). The smallest absolute Gasteiger partial charge is 0.329 e. The van der Waals surface area contributed by atoms with E-state index in [1.54, 1.807) is 22.7 Å². The second-order valence-electron chi connectivity index (χ2n) is 4.42. The summed E-state index contributed by atoms with van der Waals surface area (Å²) in [6, 6.07) is 6.93. The van der Waals surface area contributed by atoms with Crippen LogP contribution in [0.1, 0.15) is 22.3 Å². The van der Waals surface area contributed by atoms with Crippen LogP contribution in [0.2, 0.25) is 0 Å². The van der Waals surface area contributed by atoms with Crippen LogP contribution in [0.15, 0.2) is 29.7 Å². The first-order valence-electron chi connectivity index (χ1n) is 6.06. The second kappa shape index (κ2) is 4.74. The summed E-state index contributed by atoms with van der Waals surface area (Å²) in [7, 11) is 1.36. The molecule has 1 atom stereocenters. The Morgan fingerprint density at radius 2 is 2.11 bits per heavy atom. The zero-order valence-corrected chi connectivity index (χ0v) is 11.3. The van der Waals surface area contributed by atoms with Crippen molar-refractivity contribution in [1.29, 1.82) is 0 Å². The largest absolute Gasteiger partial charge is 0.467 e. The molecule has 2 aliphatic heterocycles. The number of carbonyl (C=O) groups excluding carboxylic acids is 2. The van der Waals surface area contributed by atoms with Gasteiger partial charge in [-0.25, -0.2) is 4.79 Å². The fraction of sp³-hybridized carbons (Fsp3) is 0.286. The molecular formula is C14H13NO3S. The molecule has 1 aromatic carbocycles. The third-order valence-electron chi connectivity index (χ3n) is 3.40. The van der Waals surface area contributed by atoms with Gasteiger partial charge in [0.25, 0.3) is 5.91 Å². The van der Waals surface area contributed by atoms with Crippen molar-refractivity contribution in [3.8, 4) is 0 Å². The summed E-state index contributed by atoms with van der Waals surface area (Å²) in [4.78, 5) is 26.0. The Balaban J connectivity index is 2.10. The zero-order chi connectivity index (χ0) is 13.4. The third kappa shape index (κ3) is 1.85. The van der Waals surface area contributed by atoms with E-state index < -0.39 is 6.04 Å². The maximum Gasteiger partial charge on any atom is 0.329 e. The second-order valence-corrected chi connectivity index (χ2v) is 5.40. The molecule has 4 nitrogen and oxygen atoms in total. The fourth-order valence-corrected chi connectivity index (χ4v) is 3.37. The lowest BCUT2D eigenvalue weighted by Gasteiger charge is -2.24. The highest BCUT2D eigenvalue weighted by atomic mass is 32.2. The number of rotatable bonds is 1. The first-order valence-corrected chi connectivity index (χ1v) is 7.11. The number of methoxy groups -OCH3 is 1. The monoisotopic (exact) mass is 275 g/mol. The van der Waals surface area contributed by atoms with Gasteiger partial charge in [-0.2, -0.15) is 0 Å². The normalized spacial score (nSPS) is 21.3. The van der Waals surface area contributed by atoms with E-state index in [4.69, 9.17) is 4.74 Å². The number of fused-ring (bicyclic) bond motifs is 3. The average molecular weight is 275 g/mol. The Hall–Kier alpha value is -1.75. The van der Waals surface area contributed by atoms with E-state index in [2.05, 4.69) is 0 Å². The van der Waals surface area contributed by atoms with Gasteiger partial charge >= 0.3 is 5.97 Å². The number of amides is 1. The highest BCUT2D eigenvalue weighted by molar-refractivity contribution is 8.02. The molecule has 2 aliphatic rings. The van der Waals surface area contributed by atoms with Crippen molar-refractivity contribution < 1.29 is 14.3 Å². The molecule has 0 spiro atoms. The molecule has 0 fully saturated rings. The van der Waals surface area contributed by atoms with Crippen molar-refractivity contribution in [2.24, 2.45) is 0 Å². The van der Waals surface area contributed by atoms with Gasteiger partial charge in [0.1, 0.15) is 6.04 Å². The average Bonchev–Trinajstić information content (AvgIpc) is 2.62. The Labute approximate surface area is 115 Å². The van der Waals surface area contributed by atoms with Crippen LogP contribution in [0, 0.1) is 0 Å². The van der Waals surface area contributed by atoms with Gasteiger partial charge in [-0.15, -0.1) is 11.8 Å². The highest BCUT2D eigenvalue weighted by Crippen LogP contribution is 2.38. The summed E-state index contributed by atoms with van der Waals surface area (Å²) in [5.41, 5.74) is 2.37. The molecule has 0 N–H and O–H groups in total. The molecule has 0 unspecified atom stereocenters. The first kappa shape index (κ1) is 12.3. The predicted octanol–water partition coefficient (Wildman–Crippen LogP) is 2.12. The zero-order valence-electron chi connectivity index (χ0n) is 10.5. The Morgan fingerprint density at radius 1 is 1.37 bits per heavy atom. The van der Waals surface area contributed by atoms with Gasteiger partial charge in [-0.05, 0) is 17.9 Å². The number of hydrogen-bond donors (Lipinski definition) is 0. The van der Waals surface area contributed by atoms with Crippen molar-refractivity contribution in [1.82, 2.24) is 4.90 Å². The predicted molar refractivity (Wildman–Crippen MR) is 73.5 cm³/mol. The van der Waals surface area contributed by atoms with E-state index in [0.717, 1.165) is 17.0 Å². The number of ether oxygens (including phenoxy) is 1. The number of nitrogens with zero attached hydrogens (tertiary/aromatic N) is 1. The third-order valence-corrected chi connectivity index (χ3v) is 4.26. The van der Waals surface area contributed by atoms with Crippen molar-refractivity contribution in [2.75, 3.05) is 12.9 Å². The molecule has 0 saturated carbocycles. The van der Waals surface area contributed by atoms with Crippen molar-refractivity contribution in [2.45, 2.75) is 12.5 Å². The number of esters is 1. The Morgan fingerprint density at radius 3 is 2.84 bits per heavy atom. The van der Waals surface area contributed by atoms with Crippen molar-refractivity contribution in [3.63, 3.8) is 0 Å². The summed E-state index contributed by atoms with van der Waals surface area (Å²) >= 11 is 1.63. The van der Waals surface area contributed by atoms with E-state index in [9.17, 15) is 9.59 Å². The molecule has 0 saturated heterocycles. The Bertz CT molecular complexity index is 582. The van der Waals surface area contributed by atoms with Crippen molar-refractivity contribution in [3.05, 3.63) is 40.8 Å². The molecule has 1 aromatic rings. The minimum atomic E-state index is -0.522. The summed E-state index contributed by atoms with van der Waals surface area (Å²) in [6.45, 7) is 0. The molecule has 19 heavy (non-hydrogen) atoms. The summed E-state index contributed by atoms with van der Waals surface area (Å²) < 4.78 is 4.83. The lowest BCUT2D eigenvalue weighted by molar-refractivity contribution is -0.145. The SMILES string of the molecule is COC(=O)[C@@H]1CCSC=C2c3ccccc3C(=O)N21. The quantitative estimate of drug-likeness (QED) is 0.737. The first-order chi connectivity index (χ1) is 9.24. The molecular weight excluding hydrogens is 262 g/mol. The van der Waals surface area contributed by atoms with E-state index >= 15 is 0 Å². The number of thioether (sulfide) groups is 1. The summed E-state index contributed by atoms with van der Waals surface area (Å²) in [6.07, 6.45) is 0.608. The maximum atomic E-state index is 12.5. The van der Waals surface area contributed by atoms with E-state index in [-0.39, 0.29) is 11.9 Å². The van der Waals surface area contributed by atoms with Crippen LogP contribution in [0.5, 0.6) is 0 Å². The number of hydrogen-bond acceptors (Lipinski definition) is 4. The van der Waals surface area contributed by atoms with Crippen LogP contribution in [0.4, 0.5) is 0 Å². The molecule has 1 amide bonds. The highest BCUT2D eigenvalue weighted by Gasteiger charge is 2.41. The molecule has 0 radical (unpaired) electrons. The number of carbonyl (C=O) groups is 2. The van der Waals surface area contributed by atoms with Gasteiger partial charge in [0.05, 0.1) is 12.8 Å². The van der Waals surface area contributed by atoms with Crippen LogP contribution in [0.25, 0.3) is 5.70 Å². The van der Waals surface area contributed by atoms with Crippen LogP contribution < -0.4 is 0 Å². The fourth-order valence-electron chi connectivity index (χ4n) is 2.50. The minimum Gasteiger partial charge on any atom is -0.467 e. The van der Waals surface area contributed by atoms with Crippen LogP contribution in [-0.2, 0) is 9.53 Å². The summed E-state index contributed by atoms with van der Waals surface area (Å²) in [5.74, 6) is 0.337. The molecule has 2 heterocycles.